The summed E-state index contributed by atoms with van der Waals surface area (Å²) in [4.78, 5) is 21.1. The summed E-state index contributed by atoms with van der Waals surface area (Å²) in [5.41, 5.74) is 2.85. The highest BCUT2D eigenvalue weighted by Crippen LogP contribution is 2.34. The molecule has 0 spiro atoms. The Morgan fingerprint density at radius 3 is 2.80 bits per heavy atom. The lowest BCUT2D eigenvalue weighted by molar-refractivity contribution is -0.137. The Hall–Kier alpha value is -3.26. The predicted octanol–water partition coefficient (Wildman–Crippen LogP) is 5.82. The topological polar surface area (TPSA) is 69.2 Å². The number of ether oxygens (including phenoxy) is 2. The van der Waals surface area contributed by atoms with Crippen LogP contribution in [-0.4, -0.2) is 41.0 Å². The first-order valence-corrected chi connectivity index (χ1v) is 13.0. The third-order valence-electron chi connectivity index (χ3n) is 6.80. The quantitative estimate of drug-likeness (QED) is 0.294. The molecule has 1 aliphatic carbocycles. The molecule has 4 aromatic rings. The van der Waals surface area contributed by atoms with E-state index in [1.54, 1.807) is 31.8 Å². The lowest BCUT2D eigenvalue weighted by Crippen LogP contribution is -2.38. The Labute approximate surface area is 209 Å². The van der Waals surface area contributed by atoms with Crippen LogP contribution in [0.5, 0.6) is 11.5 Å². The van der Waals surface area contributed by atoms with Gasteiger partial charge in [0, 0.05) is 41.7 Å². The first-order valence-electron chi connectivity index (χ1n) is 12.2. The number of methoxy groups -OCH3 is 2. The monoisotopic (exact) mass is 493 g/mol. The second-order valence-corrected chi connectivity index (χ2v) is 9.83. The van der Waals surface area contributed by atoms with Crippen molar-refractivity contribution in [3.05, 3.63) is 59.6 Å². The highest BCUT2D eigenvalue weighted by molar-refractivity contribution is 7.15. The van der Waals surface area contributed by atoms with Gasteiger partial charge in [-0.25, -0.2) is 4.98 Å². The molecular weight excluding hydrogens is 462 g/mol. The maximum atomic E-state index is 13.4. The van der Waals surface area contributed by atoms with E-state index in [2.05, 4.69) is 9.78 Å². The summed E-state index contributed by atoms with van der Waals surface area (Å²) in [5, 5.41) is 2.13. The number of rotatable bonds is 9. The zero-order valence-electron chi connectivity index (χ0n) is 20.2. The van der Waals surface area contributed by atoms with Gasteiger partial charge in [-0.2, -0.15) is 0 Å². The Morgan fingerprint density at radius 2 is 2.06 bits per heavy atom. The van der Waals surface area contributed by atoms with Gasteiger partial charge in [-0.15, -0.1) is 11.3 Å². The fourth-order valence-corrected chi connectivity index (χ4v) is 5.78. The number of aromatic nitrogens is 2. The summed E-state index contributed by atoms with van der Waals surface area (Å²) in [6.07, 6.45) is 9.94. The standard InChI is InChI=1S/C27H31N3O4S/c1-32-21-10-11-25(33-2)23(15-21)24-17-30-20(18-35-27(30)28-24)12-13-29(16-22-9-6-14-34-22)26(31)19-7-4-3-5-8-19/h6,9-11,14-15,17-19H,3-5,7-8,12-13,16H2,1-2H3. The largest absolute Gasteiger partial charge is 0.497 e. The van der Waals surface area contributed by atoms with Crippen molar-refractivity contribution in [2.75, 3.05) is 20.8 Å². The fraction of sp³-hybridized carbons (Fsp3) is 0.407. The molecule has 35 heavy (non-hydrogen) atoms. The summed E-state index contributed by atoms with van der Waals surface area (Å²) in [6, 6.07) is 9.53. The normalized spacial score (nSPS) is 14.3. The van der Waals surface area contributed by atoms with E-state index in [9.17, 15) is 4.79 Å². The van der Waals surface area contributed by atoms with Gasteiger partial charge < -0.3 is 18.8 Å². The van der Waals surface area contributed by atoms with Gasteiger partial charge in [-0.3, -0.25) is 9.20 Å². The molecule has 184 valence electrons. The second-order valence-electron chi connectivity index (χ2n) is 9.00. The first-order chi connectivity index (χ1) is 17.2. The van der Waals surface area contributed by atoms with E-state index < -0.39 is 0 Å². The van der Waals surface area contributed by atoms with E-state index in [1.165, 1.54) is 6.42 Å². The minimum Gasteiger partial charge on any atom is -0.497 e. The van der Waals surface area contributed by atoms with E-state index in [-0.39, 0.29) is 11.8 Å². The minimum absolute atomic E-state index is 0.126. The summed E-state index contributed by atoms with van der Waals surface area (Å²) >= 11 is 1.60. The molecule has 7 nitrogen and oxygen atoms in total. The first kappa shape index (κ1) is 23.5. The van der Waals surface area contributed by atoms with E-state index >= 15 is 0 Å². The summed E-state index contributed by atoms with van der Waals surface area (Å²) in [6.45, 7) is 1.14. The fourth-order valence-electron chi connectivity index (χ4n) is 4.87. The average molecular weight is 494 g/mol. The van der Waals surface area contributed by atoms with Gasteiger partial charge in [0.15, 0.2) is 4.96 Å². The highest BCUT2D eigenvalue weighted by Gasteiger charge is 2.27. The van der Waals surface area contributed by atoms with Crippen molar-refractivity contribution < 1.29 is 18.7 Å². The summed E-state index contributed by atoms with van der Waals surface area (Å²) in [5.74, 6) is 2.70. The smallest absolute Gasteiger partial charge is 0.226 e. The molecule has 3 aromatic heterocycles. The maximum Gasteiger partial charge on any atom is 0.226 e. The van der Waals surface area contributed by atoms with Gasteiger partial charge in [0.05, 0.1) is 32.7 Å². The average Bonchev–Trinajstić information content (AvgIpc) is 3.65. The zero-order chi connectivity index (χ0) is 24.2. The van der Waals surface area contributed by atoms with Crippen molar-refractivity contribution >= 4 is 22.2 Å². The van der Waals surface area contributed by atoms with Crippen LogP contribution in [0.4, 0.5) is 0 Å². The molecule has 1 aliphatic rings. The van der Waals surface area contributed by atoms with Crippen molar-refractivity contribution in [1.29, 1.82) is 0 Å². The number of amides is 1. The molecule has 0 radical (unpaired) electrons. The molecule has 1 aromatic carbocycles. The summed E-state index contributed by atoms with van der Waals surface area (Å²) < 4.78 is 18.7. The molecular formula is C27H31N3O4S. The van der Waals surface area contributed by atoms with E-state index in [4.69, 9.17) is 18.9 Å². The van der Waals surface area contributed by atoms with Crippen LogP contribution in [-0.2, 0) is 17.8 Å². The van der Waals surface area contributed by atoms with Crippen molar-refractivity contribution in [2.45, 2.75) is 45.1 Å². The Bertz CT molecular complexity index is 1270. The number of nitrogens with zero attached hydrogens (tertiary/aromatic N) is 3. The molecule has 5 rings (SSSR count). The molecule has 0 N–H and O–H groups in total. The zero-order valence-corrected chi connectivity index (χ0v) is 21.1. The number of benzene rings is 1. The number of carbonyl (C=O) groups excluding carboxylic acids is 1. The van der Waals surface area contributed by atoms with Gasteiger partial charge in [-0.05, 0) is 43.2 Å². The van der Waals surface area contributed by atoms with Crippen molar-refractivity contribution in [3.63, 3.8) is 0 Å². The third-order valence-corrected chi connectivity index (χ3v) is 7.69. The second kappa shape index (κ2) is 10.6. The van der Waals surface area contributed by atoms with Crippen LogP contribution < -0.4 is 9.47 Å². The van der Waals surface area contributed by atoms with Crippen LogP contribution >= 0.6 is 11.3 Å². The molecule has 1 amide bonds. The summed E-state index contributed by atoms with van der Waals surface area (Å²) in [7, 11) is 3.31. The SMILES string of the molecule is COc1ccc(OC)c(-c2cn3c(CCN(Cc4ccco4)C(=O)C4CCCCC4)csc3n2)c1. The third kappa shape index (κ3) is 5.07. The predicted molar refractivity (Wildman–Crippen MR) is 136 cm³/mol. The Morgan fingerprint density at radius 1 is 1.20 bits per heavy atom. The number of fused-ring (bicyclic) bond motifs is 1. The van der Waals surface area contributed by atoms with Gasteiger partial charge in [0.1, 0.15) is 17.3 Å². The minimum atomic E-state index is 0.126. The number of thiazole rings is 1. The number of furan rings is 1. The molecule has 3 heterocycles. The lowest BCUT2D eigenvalue weighted by atomic mass is 9.88. The molecule has 0 bridgehead atoms. The lowest BCUT2D eigenvalue weighted by Gasteiger charge is -2.29. The van der Waals surface area contributed by atoms with Gasteiger partial charge in [0.2, 0.25) is 5.91 Å². The highest BCUT2D eigenvalue weighted by atomic mass is 32.1. The Balaban J connectivity index is 1.37. The maximum absolute atomic E-state index is 13.4. The van der Waals surface area contributed by atoms with Crippen LogP contribution in [0.15, 0.2) is 52.6 Å². The van der Waals surface area contributed by atoms with Crippen LogP contribution in [0.3, 0.4) is 0 Å². The molecule has 8 heteroatoms. The molecule has 1 fully saturated rings. The van der Waals surface area contributed by atoms with Gasteiger partial charge in [-0.1, -0.05) is 19.3 Å². The van der Waals surface area contributed by atoms with E-state index in [0.29, 0.717) is 13.1 Å². The van der Waals surface area contributed by atoms with Gasteiger partial charge in [0.25, 0.3) is 0 Å². The number of hydrogen-bond acceptors (Lipinski definition) is 6. The van der Waals surface area contributed by atoms with Crippen molar-refractivity contribution in [1.82, 2.24) is 14.3 Å². The number of carbonyl (C=O) groups is 1. The molecule has 0 unspecified atom stereocenters. The molecule has 1 saturated carbocycles. The van der Waals surface area contributed by atoms with Crippen molar-refractivity contribution in [3.8, 4) is 22.8 Å². The van der Waals surface area contributed by atoms with Crippen LogP contribution in [0.25, 0.3) is 16.2 Å². The van der Waals surface area contributed by atoms with E-state index in [0.717, 1.165) is 71.3 Å². The van der Waals surface area contributed by atoms with Crippen LogP contribution in [0, 0.1) is 5.92 Å². The van der Waals surface area contributed by atoms with Crippen molar-refractivity contribution in [2.24, 2.45) is 5.92 Å². The number of hydrogen-bond donors (Lipinski definition) is 0. The van der Waals surface area contributed by atoms with Gasteiger partial charge >= 0.3 is 0 Å². The number of imidazole rings is 1. The Kier molecular flexibility index (Phi) is 7.08. The van der Waals surface area contributed by atoms with Crippen LogP contribution in [0.1, 0.15) is 43.6 Å². The molecule has 0 saturated heterocycles. The van der Waals surface area contributed by atoms with E-state index in [1.807, 2.05) is 41.4 Å². The molecule has 0 aliphatic heterocycles. The van der Waals surface area contributed by atoms with Crippen LogP contribution in [0.2, 0.25) is 0 Å². The molecule has 0 atom stereocenters.